The topological polar surface area (TPSA) is 84.5 Å². The summed E-state index contributed by atoms with van der Waals surface area (Å²) < 4.78 is 4.86. The van der Waals surface area contributed by atoms with Crippen LogP contribution in [-0.2, 0) is 14.3 Å². The zero-order chi connectivity index (χ0) is 18.1. The molecular formula is C19H20N2O4. The zero-order valence-corrected chi connectivity index (χ0v) is 13.9. The van der Waals surface area contributed by atoms with Gasteiger partial charge in [0.25, 0.3) is 11.8 Å². The fraction of sp³-hybridized carbons (Fsp3) is 0.211. The van der Waals surface area contributed by atoms with Gasteiger partial charge in [0, 0.05) is 5.56 Å². The normalized spacial score (nSPS) is 11.2. The number of hydrogen-bond acceptors (Lipinski definition) is 4. The van der Waals surface area contributed by atoms with E-state index in [9.17, 15) is 14.4 Å². The van der Waals surface area contributed by atoms with Gasteiger partial charge < -0.3 is 15.4 Å². The van der Waals surface area contributed by atoms with Crippen LogP contribution in [0.15, 0.2) is 60.7 Å². The molecule has 2 amide bonds. The van der Waals surface area contributed by atoms with Crippen LogP contribution in [0, 0.1) is 0 Å². The first-order chi connectivity index (χ1) is 12.1. The zero-order valence-electron chi connectivity index (χ0n) is 13.9. The van der Waals surface area contributed by atoms with Crippen LogP contribution in [0.2, 0.25) is 0 Å². The number of benzene rings is 2. The Morgan fingerprint density at radius 2 is 1.56 bits per heavy atom. The highest BCUT2D eigenvalue weighted by atomic mass is 16.5. The van der Waals surface area contributed by atoms with Crippen LogP contribution in [0.3, 0.4) is 0 Å². The SMILES string of the molecule is C[C@@H](NC(=O)COC(=O)CNC(=O)c1ccccc1)c1ccccc1. The van der Waals surface area contributed by atoms with Crippen molar-refractivity contribution in [2.24, 2.45) is 0 Å². The fourth-order valence-electron chi connectivity index (χ4n) is 2.15. The second-order valence-electron chi connectivity index (χ2n) is 5.41. The molecule has 0 heterocycles. The van der Waals surface area contributed by atoms with Crippen molar-refractivity contribution >= 4 is 17.8 Å². The van der Waals surface area contributed by atoms with Crippen molar-refractivity contribution in [3.05, 3.63) is 71.8 Å². The van der Waals surface area contributed by atoms with Crippen molar-refractivity contribution in [3.63, 3.8) is 0 Å². The first kappa shape index (κ1) is 18.2. The molecule has 2 N–H and O–H groups in total. The smallest absolute Gasteiger partial charge is 0.325 e. The first-order valence-corrected chi connectivity index (χ1v) is 7.89. The molecule has 0 saturated carbocycles. The minimum Gasteiger partial charge on any atom is -0.454 e. The lowest BCUT2D eigenvalue weighted by atomic mass is 10.1. The summed E-state index contributed by atoms with van der Waals surface area (Å²) in [6.45, 7) is 1.15. The lowest BCUT2D eigenvalue weighted by Crippen LogP contribution is -2.34. The molecule has 6 heteroatoms. The van der Waals surface area contributed by atoms with E-state index in [1.807, 2.05) is 37.3 Å². The summed E-state index contributed by atoms with van der Waals surface area (Å²) in [6, 6.07) is 17.8. The standard InChI is InChI=1S/C19H20N2O4/c1-14(15-8-4-2-5-9-15)21-17(22)13-25-18(23)12-20-19(24)16-10-6-3-7-11-16/h2-11,14H,12-13H2,1H3,(H,20,24)(H,21,22)/t14-/m1/s1. The molecule has 130 valence electrons. The number of ether oxygens (including phenoxy) is 1. The van der Waals surface area contributed by atoms with Gasteiger partial charge in [0.05, 0.1) is 6.04 Å². The summed E-state index contributed by atoms with van der Waals surface area (Å²) in [6.07, 6.45) is 0. The van der Waals surface area contributed by atoms with Gasteiger partial charge in [-0.1, -0.05) is 48.5 Å². The van der Waals surface area contributed by atoms with E-state index in [2.05, 4.69) is 10.6 Å². The van der Waals surface area contributed by atoms with Gasteiger partial charge in [-0.3, -0.25) is 14.4 Å². The molecule has 25 heavy (non-hydrogen) atoms. The number of amides is 2. The predicted octanol–water partition coefficient (Wildman–Crippen LogP) is 1.84. The molecule has 0 bridgehead atoms. The summed E-state index contributed by atoms with van der Waals surface area (Å²) >= 11 is 0. The van der Waals surface area contributed by atoms with Crippen molar-refractivity contribution in [1.82, 2.24) is 10.6 Å². The third kappa shape index (κ3) is 6.10. The van der Waals surface area contributed by atoms with Crippen LogP contribution in [0.25, 0.3) is 0 Å². The molecule has 2 aromatic carbocycles. The Balaban J connectivity index is 1.69. The number of carbonyl (C=O) groups is 3. The minimum absolute atomic E-state index is 0.190. The molecule has 0 aliphatic heterocycles. The first-order valence-electron chi connectivity index (χ1n) is 7.89. The maximum Gasteiger partial charge on any atom is 0.325 e. The molecule has 0 aromatic heterocycles. The Morgan fingerprint density at radius 1 is 0.960 bits per heavy atom. The summed E-state index contributed by atoms with van der Waals surface area (Å²) in [4.78, 5) is 35.2. The van der Waals surface area contributed by atoms with E-state index in [1.54, 1.807) is 30.3 Å². The average Bonchev–Trinajstić information content (AvgIpc) is 2.65. The van der Waals surface area contributed by atoms with E-state index in [1.165, 1.54) is 0 Å². The van der Waals surface area contributed by atoms with Crippen molar-refractivity contribution < 1.29 is 19.1 Å². The van der Waals surface area contributed by atoms with Crippen molar-refractivity contribution in [2.45, 2.75) is 13.0 Å². The molecule has 0 radical (unpaired) electrons. The molecule has 2 aromatic rings. The van der Waals surface area contributed by atoms with Crippen LogP contribution < -0.4 is 10.6 Å². The molecule has 0 fully saturated rings. The Kier molecular flexibility index (Phi) is 6.71. The minimum atomic E-state index is -0.674. The lowest BCUT2D eigenvalue weighted by molar-refractivity contribution is -0.147. The monoisotopic (exact) mass is 340 g/mol. The molecule has 1 atom stereocenters. The van der Waals surface area contributed by atoms with Gasteiger partial charge in [0.1, 0.15) is 6.54 Å². The summed E-state index contributed by atoms with van der Waals surface area (Å²) in [5.74, 6) is -1.45. The Morgan fingerprint density at radius 3 is 2.20 bits per heavy atom. The Labute approximate surface area is 146 Å². The van der Waals surface area contributed by atoms with Gasteiger partial charge >= 0.3 is 5.97 Å². The molecule has 0 saturated heterocycles. The third-order valence-electron chi connectivity index (χ3n) is 3.47. The average molecular weight is 340 g/mol. The van der Waals surface area contributed by atoms with Crippen LogP contribution in [0.5, 0.6) is 0 Å². The summed E-state index contributed by atoms with van der Waals surface area (Å²) in [7, 11) is 0. The third-order valence-corrected chi connectivity index (χ3v) is 3.47. The number of esters is 1. The molecule has 2 rings (SSSR count). The van der Waals surface area contributed by atoms with Crippen molar-refractivity contribution in [2.75, 3.05) is 13.2 Å². The molecule has 0 spiro atoms. The van der Waals surface area contributed by atoms with E-state index in [-0.39, 0.29) is 18.5 Å². The molecule has 0 aliphatic rings. The highest BCUT2D eigenvalue weighted by Crippen LogP contribution is 2.10. The quantitative estimate of drug-likeness (QED) is 0.753. The van der Waals surface area contributed by atoms with E-state index in [0.717, 1.165) is 5.56 Å². The number of hydrogen-bond donors (Lipinski definition) is 2. The number of carbonyl (C=O) groups excluding carboxylic acids is 3. The van der Waals surface area contributed by atoms with Crippen molar-refractivity contribution in [3.8, 4) is 0 Å². The van der Waals surface area contributed by atoms with Gasteiger partial charge in [0.15, 0.2) is 6.61 Å². The second-order valence-corrected chi connectivity index (χ2v) is 5.41. The van der Waals surface area contributed by atoms with Crippen LogP contribution in [-0.4, -0.2) is 30.9 Å². The van der Waals surface area contributed by atoms with E-state index >= 15 is 0 Å². The van der Waals surface area contributed by atoms with E-state index < -0.39 is 18.5 Å². The van der Waals surface area contributed by atoms with Gasteiger partial charge in [-0.15, -0.1) is 0 Å². The Bertz CT molecular complexity index is 717. The van der Waals surface area contributed by atoms with Crippen LogP contribution in [0.4, 0.5) is 0 Å². The summed E-state index contributed by atoms with van der Waals surface area (Å²) in [5.41, 5.74) is 1.40. The van der Waals surface area contributed by atoms with Crippen LogP contribution in [0.1, 0.15) is 28.9 Å². The predicted molar refractivity (Wildman–Crippen MR) is 92.7 cm³/mol. The Hall–Kier alpha value is -3.15. The highest BCUT2D eigenvalue weighted by molar-refractivity contribution is 5.96. The molecule has 0 unspecified atom stereocenters. The molecule has 0 aliphatic carbocycles. The van der Waals surface area contributed by atoms with E-state index in [4.69, 9.17) is 4.74 Å². The molecule has 6 nitrogen and oxygen atoms in total. The maximum absolute atomic E-state index is 11.8. The lowest BCUT2D eigenvalue weighted by Gasteiger charge is -2.14. The molecular weight excluding hydrogens is 320 g/mol. The van der Waals surface area contributed by atoms with Gasteiger partial charge in [-0.05, 0) is 24.6 Å². The number of rotatable bonds is 7. The van der Waals surface area contributed by atoms with Gasteiger partial charge in [-0.2, -0.15) is 0 Å². The largest absolute Gasteiger partial charge is 0.454 e. The van der Waals surface area contributed by atoms with Gasteiger partial charge in [0.2, 0.25) is 0 Å². The fourth-order valence-corrected chi connectivity index (χ4v) is 2.15. The van der Waals surface area contributed by atoms with E-state index in [0.29, 0.717) is 5.56 Å². The highest BCUT2D eigenvalue weighted by Gasteiger charge is 2.13. The van der Waals surface area contributed by atoms with Gasteiger partial charge in [-0.25, -0.2) is 0 Å². The second kappa shape index (κ2) is 9.22. The number of nitrogens with one attached hydrogen (secondary N) is 2. The summed E-state index contributed by atoms with van der Waals surface area (Å²) in [5, 5.41) is 5.18. The van der Waals surface area contributed by atoms with Crippen molar-refractivity contribution in [1.29, 1.82) is 0 Å². The van der Waals surface area contributed by atoms with Crippen LogP contribution >= 0.6 is 0 Å². The maximum atomic E-state index is 11.8.